The second kappa shape index (κ2) is 6.52. The smallest absolute Gasteiger partial charge is 0.260 e. The molecule has 1 aliphatic rings. The van der Waals surface area contributed by atoms with Crippen molar-refractivity contribution in [3.8, 4) is 5.75 Å². The molecule has 1 unspecified atom stereocenters. The first-order valence-electron chi connectivity index (χ1n) is 6.49. The van der Waals surface area contributed by atoms with E-state index in [2.05, 4.69) is 0 Å². The van der Waals surface area contributed by atoms with E-state index in [1.807, 2.05) is 0 Å². The monoisotopic (exact) mass is 267 g/mol. The molecule has 1 heterocycles. The Hall–Kier alpha value is -1.62. The van der Waals surface area contributed by atoms with Crippen LogP contribution in [0.15, 0.2) is 24.3 Å². The normalized spacial score (nSPS) is 19.3. The number of carbonyl (C=O) groups is 1. The number of rotatable bonds is 4. The Balaban J connectivity index is 1.89. The van der Waals surface area contributed by atoms with Crippen molar-refractivity contribution in [1.29, 1.82) is 0 Å². The lowest BCUT2D eigenvalue weighted by atomic mass is 10.0. The zero-order valence-corrected chi connectivity index (χ0v) is 10.7. The highest BCUT2D eigenvalue weighted by molar-refractivity contribution is 5.78. The predicted octanol–water partition coefficient (Wildman–Crippen LogP) is 1.58. The van der Waals surface area contributed by atoms with Gasteiger partial charge in [-0.25, -0.2) is 4.39 Å². The maximum atomic E-state index is 13.0. The minimum atomic E-state index is -0.392. The van der Waals surface area contributed by atoms with Crippen LogP contribution in [0, 0.1) is 5.82 Å². The number of ether oxygens (including phenoxy) is 1. The summed E-state index contributed by atoms with van der Waals surface area (Å²) in [4.78, 5) is 13.7. The Bertz CT molecular complexity index is 438. The highest BCUT2D eigenvalue weighted by atomic mass is 19.1. The molecule has 1 fully saturated rings. The molecule has 1 saturated heterocycles. The van der Waals surface area contributed by atoms with Gasteiger partial charge in [0.15, 0.2) is 6.61 Å². The van der Waals surface area contributed by atoms with Crippen LogP contribution in [0.25, 0.3) is 0 Å². The van der Waals surface area contributed by atoms with E-state index in [4.69, 9.17) is 4.74 Å². The summed E-state index contributed by atoms with van der Waals surface area (Å²) < 4.78 is 18.2. The summed E-state index contributed by atoms with van der Waals surface area (Å²) in [7, 11) is 0. The second-order valence-corrected chi connectivity index (χ2v) is 4.67. The largest absolute Gasteiger partial charge is 0.484 e. The number of carbonyl (C=O) groups excluding carboxylic acids is 1. The predicted molar refractivity (Wildman–Crippen MR) is 68.3 cm³/mol. The third kappa shape index (κ3) is 3.67. The molecule has 0 spiro atoms. The maximum Gasteiger partial charge on any atom is 0.260 e. The van der Waals surface area contributed by atoms with Crippen LogP contribution in [0.1, 0.15) is 19.3 Å². The van der Waals surface area contributed by atoms with Crippen LogP contribution in [-0.2, 0) is 4.79 Å². The van der Waals surface area contributed by atoms with E-state index in [-0.39, 0.29) is 25.2 Å². The summed E-state index contributed by atoms with van der Waals surface area (Å²) >= 11 is 0. The van der Waals surface area contributed by atoms with Gasteiger partial charge in [-0.15, -0.1) is 0 Å². The van der Waals surface area contributed by atoms with Crippen LogP contribution in [0.5, 0.6) is 5.75 Å². The van der Waals surface area contributed by atoms with E-state index in [1.54, 1.807) is 11.0 Å². The van der Waals surface area contributed by atoms with Crippen molar-refractivity contribution in [2.24, 2.45) is 0 Å². The molecule has 0 saturated carbocycles. The molecule has 0 aromatic heterocycles. The van der Waals surface area contributed by atoms with Crippen LogP contribution in [0.2, 0.25) is 0 Å². The number of halogens is 1. The molecule has 4 nitrogen and oxygen atoms in total. The molecule has 0 aliphatic carbocycles. The molecule has 1 atom stereocenters. The molecule has 1 aliphatic heterocycles. The molecule has 0 radical (unpaired) electrons. The molecule has 1 aromatic rings. The summed E-state index contributed by atoms with van der Waals surface area (Å²) in [6.07, 6.45) is 2.80. The van der Waals surface area contributed by atoms with Gasteiger partial charge in [-0.2, -0.15) is 0 Å². The first kappa shape index (κ1) is 13.8. The standard InChI is InChI=1S/C14H18FNO3/c15-11-4-3-6-13(8-11)19-10-14(18)16-7-2-1-5-12(16)9-17/h3-4,6,8,12,17H,1-2,5,7,9-10H2. The van der Waals surface area contributed by atoms with Gasteiger partial charge in [0.2, 0.25) is 0 Å². The Labute approximate surface area is 111 Å². The zero-order valence-electron chi connectivity index (χ0n) is 10.7. The molecule has 19 heavy (non-hydrogen) atoms. The van der Waals surface area contributed by atoms with E-state index in [9.17, 15) is 14.3 Å². The lowest BCUT2D eigenvalue weighted by Gasteiger charge is -2.34. The van der Waals surface area contributed by atoms with Crippen LogP contribution >= 0.6 is 0 Å². The van der Waals surface area contributed by atoms with Crippen molar-refractivity contribution in [2.75, 3.05) is 19.8 Å². The number of hydrogen-bond acceptors (Lipinski definition) is 3. The molecule has 1 N–H and O–H groups in total. The molecule has 1 amide bonds. The molecule has 1 aromatic carbocycles. The van der Waals surface area contributed by atoms with Gasteiger partial charge in [0.1, 0.15) is 11.6 Å². The molecule has 104 valence electrons. The van der Waals surface area contributed by atoms with Crippen molar-refractivity contribution >= 4 is 5.91 Å². The topological polar surface area (TPSA) is 49.8 Å². The third-order valence-corrected chi connectivity index (χ3v) is 3.32. The second-order valence-electron chi connectivity index (χ2n) is 4.67. The number of benzene rings is 1. The van der Waals surface area contributed by atoms with E-state index in [1.165, 1.54) is 18.2 Å². The Morgan fingerprint density at radius 1 is 1.47 bits per heavy atom. The maximum absolute atomic E-state index is 13.0. The van der Waals surface area contributed by atoms with Crippen molar-refractivity contribution in [3.63, 3.8) is 0 Å². The summed E-state index contributed by atoms with van der Waals surface area (Å²) in [5, 5.41) is 9.25. The average molecular weight is 267 g/mol. The molecular weight excluding hydrogens is 249 g/mol. The number of likely N-dealkylation sites (tertiary alicyclic amines) is 1. The first-order valence-corrected chi connectivity index (χ1v) is 6.49. The van der Waals surface area contributed by atoms with Gasteiger partial charge in [-0.3, -0.25) is 4.79 Å². The van der Waals surface area contributed by atoms with E-state index in [0.29, 0.717) is 12.3 Å². The summed E-state index contributed by atoms with van der Waals surface area (Å²) in [6, 6.07) is 5.59. The van der Waals surface area contributed by atoms with Crippen molar-refractivity contribution < 1.29 is 19.0 Å². The van der Waals surface area contributed by atoms with Crippen LogP contribution in [0.4, 0.5) is 4.39 Å². The fourth-order valence-electron chi connectivity index (χ4n) is 2.30. The van der Waals surface area contributed by atoms with Gasteiger partial charge in [0.05, 0.1) is 12.6 Å². The number of aliphatic hydroxyl groups is 1. The Morgan fingerprint density at radius 2 is 2.32 bits per heavy atom. The Kier molecular flexibility index (Phi) is 4.74. The van der Waals surface area contributed by atoms with Gasteiger partial charge in [-0.05, 0) is 31.4 Å². The number of piperidine rings is 1. The molecule has 0 bridgehead atoms. The van der Waals surface area contributed by atoms with Gasteiger partial charge in [0.25, 0.3) is 5.91 Å². The van der Waals surface area contributed by atoms with Crippen LogP contribution in [0.3, 0.4) is 0 Å². The number of nitrogens with zero attached hydrogens (tertiary/aromatic N) is 1. The van der Waals surface area contributed by atoms with Crippen LogP contribution in [-0.4, -0.2) is 41.7 Å². The van der Waals surface area contributed by atoms with E-state index >= 15 is 0 Å². The van der Waals surface area contributed by atoms with E-state index in [0.717, 1.165) is 19.3 Å². The van der Waals surface area contributed by atoms with Crippen molar-refractivity contribution in [3.05, 3.63) is 30.1 Å². The first-order chi connectivity index (χ1) is 9.20. The zero-order chi connectivity index (χ0) is 13.7. The lowest BCUT2D eigenvalue weighted by Crippen LogP contribution is -2.47. The average Bonchev–Trinajstić information content (AvgIpc) is 2.45. The van der Waals surface area contributed by atoms with Crippen molar-refractivity contribution in [2.45, 2.75) is 25.3 Å². The lowest BCUT2D eigenvalue weighted by molar-refractivity contribution is -0.138. The summed E-state index contributed by atoms with van der Waals surface area (Å²) in [6.45, 7) is 0.502. The van der Waals surface area contributed by atoms with Gasteiger partial charge < -0.3 is 14.7 Å². The fraction of sp³-hybridized carbons (Fsp3) is 0.500. The fourth-order valence-corrected chi connectivity index (χ4v) is 2.30. The molecular formula is C14H18FNO3. The molecule has 2 rings (SSSR count). The van der Waals surface area contributed by atoms with Gasteiger partial charge in [-0.1, -0.05) is 6.07 Å². The minimum Gasteiger partial charge on any atom is -0.484 e. The quantitative estimate of drug-likeness (QED) is 0.901. The molecule has 5 heteroatoms. The summed E-state index contributed by atoms with van der Waals surface area (Å²) in [5.41, 5.74) is 0. The van der Waals surface area contributed by atoms with Gasteiger partial charge >= 0.3 is 0 Å². The Morgan fingerprint density at radius 3 is 3.05 bits per heavy atom. The highest BCUT2D eigenvalue weighted by Crippen LogP contribution is 2.17. The number of amides is 1. The van der Waals surface area contributed by atoms with Crippen LogP contribution < -0.4 is 4.74 Å². The van der Waals surface area contributed by atoms with E-state index < -0.39 is 5.82 Å². The third-order valence-electron chi connectivity index (χ3n) is 3.32. The summed E-state index contributed by atoms with van der Waals surface area (Å²) in [5.74, 6) is -0.218. The minimum absolute atomic E-state index is 0.0221. The van der Waals surface area contributed by atoms with Crippen molar-refractivity contribution in [1.82, 2.24) is 4.90 Å². The number of hydrogen-bond donors (Lipinski definition) is 1. The highest BCUT2D eigenvalue weighted by Gasteiger charge is 2.26. The number of aliphatic hydroxyl groups excluding tert-OH is 1. The SMILES string of the molecule is O=C(COc1cccc(F)c1)N1CCCCC1CO. The van der Waals surface area contributed by atoms with Gasteiger partial charge in [0, 0.05) is 12.6 Å².